The maximum Gasteiger partial charge on any atom is 0.0463 e. The molecule has 0 amide bonds. The summed E-state index contributed by atoms with van der Waals surface area (Å²) >= 11 is 0. The van der Waals surface area contributed by atoms with Gasteiger partial charge in [-0.25, -0.2) is 0 Å². The van der Waals surface area contributed by atoms with Gasteiger partial charge in [-0.2, -0.15) is 0 Å². The lowest BCUT2D eigenvalue weighted by Crippen LogP contribution is -2.09. The van der Waals surface area contributed by atoms with Gasteiger partial charge in [-0.1, -0.05) is 54.6 Å². The molecule has 5 aromatic carbocycles. The number of hydrogen-bond acceptors (Lipinski definition) is 3. The van der Waals surface area contributed by atoms with Crippen LogP contribution in [0.3, 0.4) is 0 Å². The van der Waals surface area contributed by atoms with Crippen LogP contribution in [0.2, 0.25) is 0 Å². The molecule has 0 bridgehead atoms. The van der Waals surface area contributed by atoms with Gasteiger partial charge in [0.1, 0.15) is 0 Å². The minimum Gasteiger partial charge on any atom is -0.356 e. The van der Waals surface area contributed by atoms with Gasteiger partial charge in [-0.3, -0.25) is 0 Å². The monoisotopic (exact) mass is 427 g/mol. The van der Waals surface area contributed by atoms with E-state index in [1.807, 2.05) is 42.5 Å². The maximum absolute atomic E-state index is 3.45. The highest BCUT2D eigenvalue weighted by Gasteiger charge is 2.12. The van der Waals surface area contributed by atoms with Crippen molar-refractivity contribution in [2.45, 2.75) is 0 Å². The standard InChI is InChI=1S/C30H25N3/c1-4-10-24(11-5-1)31-26-16-20-29(21-17-26)33(28-14-8-3-9-15-28)30-22-18-27(19-23-30)32-25-12-6-2-7-13-25/h1-23,31-32H. The van der Waals surface area contributed by atoms with Gasteiger partial charge in [-0.05, 0) is 84.9 Å². The third kappa shape index (κ3) is 5.05. The summed E-state index contributed by atoms with van der Waals surface area (Å²) in [4.78, 5) is 2.26. The molecule has 0 aromatic heterocycles. The first-order valence-corrected chi connectivity index (χ1v) is 11.0. The van der Waals surface area contributed by atoms with Crippen LogP contribution in [0.5, 0.6) is 0 Å². The fraction of sp³-hybridized carbons (Fsp3) is 0. The lowest BCUT2D eigenvalue weighted by atomic mass is 10.1. The highest BCUT2D eigenvalue weighted by molar-refractivity contribution is 5.78. The van der Waals surface area contributed by atoms with Gasteiger partial charge in [0, 0.05) is 39.8 Å². The summed E-state index contributed by atoms with van der Waals surface area (Å²) in [6, 6.07) is 47.9. The van der Waals surface area contributed by atoms with Gasteiger partial charge >= 0.3 is 0 Å². The Hall–Kier alpha value is -4.50. The van der Waals surface area contributed by atoms with Crippen molar-refractivity contribution in [3.05, 3.63) is 140 Å². The van der Waals surface area contributed by atoms with Crippen LogP contribution in [0.4, 0.5) is 39.8 Å². The fourth-order valence-electron chi connectivity index (χ4n) is 3.79. The molecule has 0 heterocycles. The van der Waals surface area contributed by atoms with Crippen molar-refractivity contribution in [3.63, 3.8) is 0 Å². The molecule has 0 spiro atoms. The van der Waals surface area contributed by atoms with Crippen molar-refractivity contribution in [1.82, 2.24) is 0 Å². The number of nitrogens with one attached hydrogen (secondary N) is 2. The maximum atomic E-state index is 3.45. The molecule has 0 atom stereocenters. The largest absolute Gasteiger partial charge is 0.356 e. The predicted octanol–water partition coefficient (Wildman–Crippen LogP) is 8.64. The van der Waals surface area contributed by atoms with Gasteiger partial charge in [0.15, 0.2) is 0 Å². The minimum absolute atomic E-state index is 1.06. The van der Waals surface area contributed by atoms with E-state index in [0.29, 0.717) is 0 Å². The second-order valence-corrected chi connectivity index (χ2v) is 7.75. The van der Waals surface area contributed by atoms with Crippen molar-refractivity contribution in [2.75, 3.05) is 15.5 Å². The molecule has 0 aliphatic rings. The van der Waals surface area contributed by atoms with E-state index in [2.05, 4.69) is 113 Å². The average Bonchev–Trinajstić information content (AvgIpc) is 2.88. The van der Waals surface area contributed by atoms with Gasteiger partial charge in [0.2, 0.25) is 0 Å². The lowest BCUT2D eigenvalue weighted by Gasteiger charge is -2.26. The fourth-order valence-corrected chi connectivity index (χ4v) is 3.79. The minimum atomic E-state index is 1.06. The third-order valence-corrected chi connectivity index (χ3v) is 5.39. The Morgan fingerprint density at radius 2 is 0.606 bits per heavy atom. The van der Waals surface area contributed by atoms with E-state index in [1.54, 1.807) is 0 Å². The molecule has 0 aliphatic carbocycles. The molecule has 0 radical (unpaired) electrons. The molecule has 33 heavy (non-hydrogen) atoms. The highest BCUT2D eigenvalue weighted by Crippen LogP contribution is 2.36. The molecule has 0 unspecified atom stereocenters. The molecule has 0 aliphatic heterocycles. The molecular weight excluding hydrogens is 402 g/mol. The molecule has 5 aromatic rings. The molecule has 160 valence electrons. The summed E-state index contributed by atoms with van der Waals surface area (Å²) in [6.45, 7) is 0. The quantitative estimate of drug-likeness (QED) is 0.272. The topological polar surface area (TPSA) is 27.3 Å². The van der Waals surface area contributed by atoms with Crippen molar-refractivity contribution < 1.29 is 0 Å². The van der Waals surface area contributed by atoms with Crippen LogP contribution >= 0.6 is 0 Å². The van der Waals surface area contributed by atoms with Crippen molar-refractivity contribution in [3.8, 4) is 0 Å². The Labute approximate surface area is 195 Å². The second-order valence-electron chi connectivity index (χ2n) is 7.75. The second kappa shape index (κ2) is 9.75. The summed E-state index contributed by atoms with van der Waals surface area (Å²) in [6.07, 6.45) is 0. The zero-order chi connectivity index (χ0) is 22.3. The van der Waals surface area contributed by atoms with Crippen LogP contribution in [-0.2, 0) is 0 Å². The Bertz CT molecular complexity index is 1180. The summed E-state index contributed by atoms with van der Waals surface area (Å²) in [5.74, 6) is 0. The molecule has 2 N–H and O–H groups in total. The van der Waals surface area contributed by atoms with E-state index in [9.17, 15) is 0 Å². The number of hydrogen-bond donors (Lipinski definition) is 2. The molecule has 0 fully saturated rings. The van der Waals surface area contributed by atoms with E-state index >= 15 is 0 Å². The number of benzene rings is 5. The predicted molar refractivity (Wildman–Crippen MR) is 141 cm³/mol. The summed E-state index contributed by atoms with van der Waals surface area (Å²) in [5.41, 5.74) is 7.58. The molecule has 0 saturated heterocycles. The first kappa shape index (κ1) is 20.4. The van der Waals surface area contributed by atoms with Gasteiger partial charge in [0.25, 0.3) is 0 Å². The van der Waals surface area contributed by atoms with E-state index in [0.717, 1.165) is 39.8 Å². The van der Waals surface area contributed by atoms with Crippen LogP contribution in [-0.4, -0.2) is 0 Å². The zero-order valence-corrected chi connectivity index (χ0v) is 18.2. The van der Waals surface area contributed by atoms with Gasteiger partial charge < -0.3 is 15.5 Å². The molecular formula is C30H25N3. The number of anilines is 7. The Balaban J connectivity index is 1.42. The zero-order valence-electron chi connectivity index (χ0n) is 18.2. The van der Waals surface area contributed by atoms with Crippen molar-refractivity contribution >= 4 is 39.8 Å². The van der Waals surface area contributed by atoms with E-state index in [-0.39, 0.29) is 0 Å². The van der Waals surface area contributed by atoms with E-state index < -0.39 is 0 Å². The highest BCUT2D eigenvalue weighted by atomic mass is 15.1. The van der Waals surface area contributed by atoms with Gasteiger partial charge in [-0.15, -0.1) is 0 Å². The van der Waals surface area contributed by atoms with E-state index in [1.165, 1.54) is 0 Å². The first-order valence-electron chi connectivity index (χ1n) is 11.0. The molecule has 0 saturated carbocycles. The van der Waals surface area contributed by atoms with Crippen molar-refractivity contribution in [1.29, 1.82) is 0 Å². The molecule has 3 heteroatoms. The normalized spacial score (nSPS) is 10.4. The SMILES string of the molecule is c1ccc(Nc2ccc(N(c3ccccc3)c3ccc(Nc4ccccc4)cc3)cc2)cc1. The molecule has 5 rings (SSSR count). The van der Waals surface area contributed by atoms with Crippen LogP contribution in [0.1, 0.15) is 0 Å². The molecule has 3 nitrogen and oxygen atoms in total. The lowest BCUT2D eigenvalue weighted by molar-refractivity contribution is 1.28. The Morgan fingerprint density at radius 3 is 1.00 bits per heavy atom. The van der Waals surface area contributed by atoms with Crippen LogP contribution in [0, 0.1) is 0 Å². The third-order valence-electron chi connectivity index (χ3n) is 5.39. The summed E-state index contributed by atoms with van der Waals surface area (Å²) < 4.78 is 0. The summed E-state index contributed by atoms with van der Waals surface area (Å²) in [7, 11) is 0. The number of nitrogens with zero attached hydrogens (tertiary/aromatic N) is 1. The van der Waals surface area contributed by atoms with Crippen LogP contribution in [0.15, 0.2) is 140 Å². The van der Waals surface area contributed by atoms with Crippen LogP contribution in [0.25, 0.3) is 0 Å². The smallest absolute Gasteiger partial charge is 0.0463 e. The Kier molecular flexibility index (Phi) is 6.03. The number of rotatable bonds is 7. The van der Waals surface area contributed by atoms with E-state index in [4.69, 9.17) is 0 Å². The van der Waals surface area contributed by atoms with Gasteiger partial charge in [0.05, 0.1) is 0 Å². The first-order chi connectivity index (χ1) is 16.3. The van der Waals surface area contributed by atoms with Crippen LogP contribution < -0.4 is 15.5 Å². The average molecular weight is 428 g/mol. The Morgan fingerprint density at radius 1 is 0.303 bits per heavy atom. The number of para-hydroxylation sites is 3. The summed E-state index contributed by atoms with van der Waals surface area (Å²) in [5, 5.41) is 6.91. The van der Waals surface area contributed by atoms with Crippen molar-refractivity contribution in [2.24, 2.45) is 0 Å².